The van der Waals surface area contributed by atoms with Crippen LogP contribution in [0.3, 0.4) is 0 Å². The van der Waals surface area contributed by atoms with Crippen molar-refractivity contribution >= 4 is 30.5 Å². The summed E-state index contributed by atoms with van der Waals surface area (Å²) in [5, 5.41) is 14.1. The fraction of sp³-hybridized carbons (Fsp3) is 0.588. The summed E-state index contributed by atoms with van der Waals surface area (Å²) in [4.78, 5) is 9.73. The third-order valence-corrected chi connectivity index (χ3v) is 13.0. The summed E-state index contributed by atoms with van der Waals surface area (Å²) in [6.07, 6.45) is -2.42. The zero-order valence-electron chi connectivity index (χ0n) is 27.2. The lowest BCUT2D eigenvalue weighted by molar-refractivity contribution is -0.156. The second kappa shape index (κ2) is 13.6. The molecule has 0 spiro atoms. The van der Waals surface area contributed by atoms with Gasteiger partial charge in [-0.3, -0.25) is 0 Å². The van der Waals surface area contributed by atoms with E-state index in [-0.39, 0.29) is 23.6 Å². The summed E-state index contributed by atoms with van der Waals surface area (Å²) < 4.78 is 31.9. The van der Waals surface area contributed by atoms with Gasteiger partial charge in [-0.1, -0.05) is 95.3 Å². The lowest BCUT2D eigenvalue weighted by atomic mass is 9.98. The van der Waals surface area contributed by atoms with Gasteiger partial charge in [-0.15, -0.1) is 0 Å². The van der Waals surface area contributed by atoms with Crippen LogP contribution >= 0.6 is 0 Å². The molecule has 0 aromatic heterocycles. The first-order valence-electron chi connectivity index (χ1n) is 15.5. The van der Waals surface area contributed by atoms with Gasteiger partial charge < -0.3 is 28.5 Å². The van der Waals surface area contributed by atoms with Crippen molar-refractivity contribution in [2.45, 2.75) is 104 Å². The molecular weight excluding hydrogens is 560 g/mol. The number of hydrogen-bond acceptors (Lipinski definition) is 8. The molecule has 0 amide bonds. The first kappa shape index (κ1) is 33.3. The molecule has 1 N–H and O–H groups in total. The van der Waals surface area contributed by atoms with Gasteiger partial charge in [0.25, 0.3) is 8.32 Å². The fourth-order valence-electron chi connectivity index (χ4n) is 6.16. The maximum Gasteiger partial charge on any atom is 0.261 e. The molecule has 9 heteroatoms. The van der Waals surface area contributed by atoms with Crippen LogP contribution in [0, 0.1) is 5.92 Å². The highest BCUT2D eigenvalue weighted by atomic mass is 28.4. The Bertz CT molecular complexity index is 1210. The zero-order valence-corrected chi connectivity index (χ0v) is 28.2. The van der Waals surface area contributed by atoms with Gasteiger partial charge in [0.1, 0.15) is 24.4 Å². The van der Waals surface area contributed by atoms with E-state index in [2.05, 4.69) is 83.1 Å². The van der Waals surface area contributed by atoms with E-state index in [0.29, 0.717) is 25.0 Å². The normalized spacial score (nSPS) is 24.8. The standard InChI is InChI=1S/C34H50N2O6Si/c1-10-38-31-27(23(3)4)35-32(39-11-2)28(36-31)29(37)30-26(41-34(8,9)42-30)22-40-43(33(5,6)7,24-18-14-12-15-19-24)25-20-16-13-17-21-25/h12-21,23,26-30,37H,10-11,22H2,1-9H3/t26-,27+,28-,29-,30+/m0/s1. The summed E-state index contributed by atoms with van der Waals surface area (Å²) in [5.41, 5.74) is 0. The number of aliphatic hydroxyl groups excluding tert-OH is 1. The zero-order chi connectivity index (χ0) is 31.4. The van der Waals surface area contributed by atoms with Crippen LogP contribution in [0.2, 0.25) is 5.04 Å². The Morgan fingerprint density at radius 2 is 1.33 bits per heavy atom. The van der Waals surface area contributed by atoms with E-state index in [1.54, 1.807) is 0 Å². The summed E-state index contributed by atoms with van der Waals surface area (Å²) in [6.45, 7) is 19.5. The molecule has 43 heavy (non-hydrogen) atoms. The van der Waals surface area contributed by atoms with Gasteiger partial charge in [-0.05, 0) is 49.0 Å². The highest BCUT2D eigenvalue weighted by Gasteiger charge is 2.54. The van der Waals surface area contributed by atoms with Crippen LogP contribution in [0.25, 0.3) is 0 Å². The van der Waals surface area contributed by atoms with Crippen molar-refractivity contribution in [3.63, 3.8) is 0 Å². The molecule has 0 unspecified atom stereocenters. The predicted molar refractivity (Wildman–Crippen MR) is 174 cm³/mol. The van der Waals surface area contributed by atoms with E-state index in [0.717, 1.165) is 0 Å². The molecule has 2 aliphatic heterocycles. The minimum absolute atomic E-state index is 0.149. The Balaban J connectivity index is 1.70. The third-order valence-electron chi connectivity index (χ3n) is 8.02. The number of hydrogen-bond donors (Lipinski definition) is 1. The topological polar surface area (TPSA) is 91.1 Å². The van der Waals surface area contributed by atoms with Crippen LogP contribution in [0.15, 0.2) is 70.6 Å². The molecule has 0 radical (unpaired) electrons. The molecule has 2 aromatic rings. The molecule has 236 valence electrons. The molecular formula is C34H50N2O6Si. The number of aliphatic imine (C=N–C) groups is 2. The minimum Gasteiger partial charge on any atom is -0.480 e. The van der Waals surface area contributed by atoms with Crippen LogP contribution in [-0.4, -0.2) is 81.2 Å². The van der Waals surface area contributed by atoms with E-state index in [9.17, 15) is 5.11 Å². The first-order valence-corrected chi connectivity index (χ1v) is 17.4. The van der Waals surface area contributed by atoms with Crippen molar-refractivity contribution in [1.29, 1.82) is 0 Å². The van der Waals surface area contributed by atoms with Crippen molar-refractivity contribution in [3.8, 4) is 0 Å². The smallest absolute Gasteiger partial charge is 0.261 e. The number of benzene rings is 2. The van der Waals surface area contributed by atoms with E-state index in [1.807, 2.05) is 39.8 Å². The number of aliphatic hydroxyl groups is 1. The predicted octanol–water partition coefficient (Wildman–Crippen LogP) is 4.72. The maximum atomic E-state index is 11.9. The number of nitrogens with zero attached hydrogens (tertiary/aromatic N) is 2. The van der Waals surface area contributed by atoms with Gasteiger partial charge in [0.2, 0.25) is 11.8 Å². The lowest BCUT2D eigenvalue weighted by Gasteiger charge is -2.43. The van der Waals surface area contributed by atoms with Crippen molar-refractivity contribution in [1.82, 2.24) is 0 Å². The van der Waals surface area contributed by atoms with Gasteiger partial charge in [-0.2, -0.15) is 0 Å². The van der Waals surface area contributed by atoms with E-state index >= 15 is 0 Å². The lowest BCUT2D eigenvalue weighted by Crippen LogP contribution is -2.67. The Morgan fingerprint density at radius 3 is 1.79 bits per heavy atom. The van der Waals surface area contributed by atoms with Crippen LogP contribution in [0.1, 0.15) is 62.3 Å². The minimum atomic E-state index is -2.85. The molecule has 5 atom stereocenters. The molecule has 2 heterocycles. The number of ether oxygens (including phenoxy) is 4. The van der Waals surface area contributed by atoms with Gasteiger partial charge in [0, 0.05) is 0 Å². The molecule has 0 bridgehead atoms. The largest absolute Gasteiger partial charge is 0.480 e. The second-order valence-electron chi connectivity index (χ2n) is 13.0. The molecule has 0 saturated carbocycles. The monoisotopic (exact) mass is 610 g/mol. The van der Waals surface area contributed by atoms with E-state index in [1.165, 1.54) is 10.4 Å². The fourth-order valence-corrected chi connectivity index (χ4v) is 10.7. The maximum absolute atomic E-state index is 11.9. The molecule has 8 nitrogen and oxygen atoms in total. The highest BCUT2D eigenvalue weighted by molar-refractivity contribution is 6.99. The van der Waals surface area contributed by atoms with Crippen LogP contribution < -0.4 is 10.4 Å². The number of rotatable bonds is 10. The molecule has 4 rings (SSSR count). The summed E-state index contributed by atoms with van der Waals surface area (Å²) in [7, 11) is -2.85. The quantitative estimate of drug-likeness (QED) is 0.392. The van der Waals surface area contributed by atoms with Crippen molar-refractivity contribution in [3.05, 3.63) is 60.7 Å². The van der Waals surface area contributed by atoms with Crippen LogP contribution in [0.4, 0.5) is 0 Å². The second-order valence-corrected chi connectivity index (χ2v) is 17.3. The molecule has 2 aliphatic rings. The third kappa shape index (κ3) is 7.07. The Morgan fingerprint density at radius 1 is 0.837 bits per heavy atom. The molecule has 2 aromatic carbocycles. The highest BCUT2D eigenvalue weighted by Crippen LogP contribution is 2.39. The Kier molecular flexibility index (Phi) is 10.5. The van der Waals surface area contributed by atoms with E-state index in [4.69, 9.17) is 33.4 Å². The van der Waals surface area contributed by atoms with Crippen LogP contribution in [-0.2, 0) is 23.4 Å². The average molecular weight is 611 g/mol. The Hall–Kier alpha value is -2.56. The molecule has 1 fully saturated rings. The Labute approximate surface area is 258 Å². The van der Waals surface area contributed by atoms with Crippen molar-refractivity contribution < 1.29 is 28.5 Å². The molecule has 1 saturated heterocycles. The first-order chi connectivity index (χ1) is 20.3. The van der Waals surface area contributed by atoms with Gasteiger partial charge in [0.05, 0.1) is 19.8 Å². The van der Waals surface area contributed by atoms with Gasteiger partial charge in [-0.25, -0.2) is 9.98 Å². The summed E-state index contributed by atoms with van der Waals surface area (Å²) >= 11 is 0. The van der Waals surface area contributed by atoms with Crippen LogP contribution in [0.5, 0.6) is 0 Å². The summed E-state index contributed by atoms with van der Waals surface area (Å²) in [5.74, 6) is 0.104. The average Bonchev–Trinajstić information content (AvgIpc) is 3.28. The van der Waals surface area contributed by atoms with Gasteiger partial charge >= 0.3 is 0 Å². The van der Waals surface area contributed by atoms with E-state index < -0.39 is 38.5 Å². The SMILES string of the molecule is CCOC1=N[C@H](C(C)C)C(OCC)=N[C@H]1[C@H](O)[C@@H]1OC(C)(C)O[C@H]1CO[Si](c1ccccc1)(c1ccccc1)C(C)(C)C. The van der Waals surface area contributed by atoms with Crippen molar-refractivity contribution in [2.24, 2.45) is 15.9 Å². The summed E-state index contributed by atoms with van der Waals surface area (Å²) in [6, 6.07) is 19.9. The van der Waals surface area contributed by atoms with Crippen molar-refractivity contribution in [2.75, 3.05) is 19.8 Å². The molecule has 0 aliphatic carbocycles. The van der Waals surface area contributed by atoms with Gasteiger partial charge in [0.15, 0.2) is 11.8 Å².